The van der Waals surface area contributed by atoms with Crippen molar-refractivity contribution in [2.24, 2.45) is 0 Å². The van der Waals surface area contributed by atoms with E-state index in [-0.39, 0.29) is 17.5 Å². The Morgan fingerprint density at radius 2 is 1.84 bits per heavy atom. The lowest BCUT2D eigenvalue weighted by atomic mass is 10.2. The van der Waals surface area contributed by atoms with Crippen molar-refractivity contribution in [1.82, 2.24) is 0 Å². The maximum atomic E-state index is 13.4. The van der Waals surface area contributed by atoms with Crippen LogP contribution in [0.15, 0.2) is 48.5 Å². The molecule has 0 saturated carbocycles. The lowest BCUT2D eigenvalue weighted by Crippen LogP contribution is -2.14. The molecule has 2 aromatic carbocycles. The Labute approximate surface area is 115 Å². The van der Waals surface area contributed by atoms with Gasteiger partial charge in [0.15, 0.2) is 0 Å². The Kier molecular flexibility index (Phi) is 4.41. The largest absolute Gasteiger partial charge is 0.466 e. The highest BCUT2D eigenvalue weighted by Crippen LogP contribution is 2.15. The number of nitrogens with one attached hydrogen (secondary N) is 1. The molecule has 1 N–H and O–H groups in total. The SMILES string of the molecule is Fc1ccc(NC(=S)OCc2ccccc2)c(F)c1. The van der Waals surface area contributed by atoms with Crippen molar-refractivity contribution >= 4 is 23.1 Å². The molecule has 0 radical (unpaired) electrons. The molecule has 0 aliphatic rings. The Balaban J connectivity index is 1.91. The van der Waals surface area contributed by atoms with Gasteiger partial charge in [-0.2, -0.15) is 0 Å². The van der Waals surface area contributed by atoms with E-state index < -0.39 is 11.6 Å². The average Bonchev–Trinajstić information content (AvgIpc) is 2.41. The van der Waals surface area contributed by atoms with E-state index >= 15 is 0 Å². The number of ether oxygens (including phenoxy) is 1. The summed E-state index contributed by atoms with van der Waals surface area (Å²) in [5, 5.41) is 2.61. The minimum absolute atomic E-state index is 0.0364. The standard InChI is InChI=1S/C14H11F2NOS/c15-11-6-7-13(12(16)8-11)17-14(19)18-9-10-4-2-1-3-5-10/h1-8H,9H2,(H,17,19). The van der Waals surface area contributed by atoms with E-state index in [1.807, 2.05) is 30.3 Å². The quantitative estimate of drug-likeness (QED) is 0.862. The molecule has 5 heteroatoms. The smallest absolute Gasteiger partial charge is 0.261 e. The number of rotatable bonds is 3. The first kappa shape index (κ1) is 13.4. The predicted molar refractivity (Wildman–Crippen MR) is 73.8 cm³/mol. The predicted octanol–water partition coefficient (Wildman–Crippen LogP) is 3.88. The molecule has 0 aromatic heterocycles. The Bertz CT molecular complexity index is 575. The molecule has 2 aromatic rings. The highest BCUT2D eigenvalue weighted by Gasteiger charge is 2.06. The van der Waals surface area contributed by atoms with Crippen molar-refractivity contribution in [1.29, 1.82) is 0 Å². The zero-order chi connectivity index (χ0) is 13.7. The van der Waals surface area contributed by atoms with Crippen molar-refractivity contribution in [2.45, 2.75) is 6.61 Å². The van der Waals surface area contributed by atoms with Crippen LogP contribution in [0.3, 0.4) is 0 Å². The lowest BCUT2D eigenvalue weighted by Gasteiger charge is -2.10. The summed E-state index contributed by atoms with van der Waals surface area (Å²) in [5.74, 6) is -1.36. The number of thiocarbonyl (C=S) groups is 1. The number of benzene rings is 2. The second kappa shape index (κ2) is 6.24. The second-order valence-corrected chi connectivity index (χ2v) is 4.18. The van der Waals surface area contributed by atoms with E-state index in [9.17, 15) is 8.78 Å². The molecule has 0 amide bonds. The molecule has 0 saturated heterocycles. The minimum atomic E-state index is -0.717. The molecular weight excluding hydrogens is 268 g/mol. The zero-order valence-corrected chi connectivity index (χ0v) is 10.7. The van der Waals surface area contributed by atoms with Crippen LogP contribution in [-0.2, 0) is 11.3 Å². The molecule has 2 nitrogen and oxygen atoms in total. The summed E-state index contributed by atoms with van der Waals surface area (Å²) in [6.07, 6.45) is 0. The molecular formula is C14H11F2NOS. The Hall–Kier alpha value is -2.01. The van der Waals surface area contributed by atoms with Gasteiger partial charge in [0, 0.05) is 6.07 Å². The van der Waals surface area contributed by atoms with Gasteiger partial charge in [-0.05, 0) is 29.9 Å². The van der Waals surface area contributed by atoms with E-state index in [2.05, 4.69) is 5.32 Å². The molecule has 19 heavy (non-hydrogen) atoms. The summed E-state index contributed by atoms with van der Waals surface area (Å²) in [6, 6.07) is 12.6. The van der Waals surface area contributed by atoms with Crippen molar-refractivity contribution < 1.29 is 13.5 Å². The first-order valence-electron chi connectivity index (χ1n) is 5.58. The van der Waals surface area contributed by atoms with Crippen LogP contribution in [0, 0.1) is 11.6 Å². The maximum Gasteiger partial charge on any atom is 0.261 e. The molecule has 0 atom stereocenters. The molecule has 0 spiro atoms. The van der Waals surface area contributed by atoms with Crippen LogP contribution < -0.4 is 5.32 Å². The summed E-state index contributed by atoms with van der Waals surface area (Å²) in [5.41, 5.74) is 1.03. The molecule has 0 fully saturated rings. The normalized spacial score (nSPS) is 10.0. The molecule has 0 unspecified atom stereocenters. The number of anilines is 1. The second-order valence-electron chi connectivity index (χ2n) is 3.81. The third-order valence-corrected chi connectivity index (χ3v) is 2.60. The first-order chi connectivity index (χ1) is 9.15. The van der Waals surface area contributed by atoms with Crippen LogP contribution >= 0.6 is 12.2 Å². The van der Waals surface area contributed by atoms with Gasteiger partial charge in [0.2, 0.25) is 0 Å². The summed E-state index contributed by atoms with van der Waals surface area (Å²) in [4.78, 5) is 0. The van der Waals surface area contributed by atoms with Crippen LogP contribution in [0.2, 0.25) is 0 Å². The molecule has 2 rings (SSSR count). The maximum absolute atomic E-state index is 13.4. The minimum Gasteiger partial charge on any atom is -0.466 e. The van der Waals surface area contributed by atoms with Gasteiger partial charge in [0.05, 0.1) is 5.69 Å². The first-order valence-corrected chi connectivity index (χ1v) is 5.99. The van der Waals surface area contributed by atoms with Gasteiger partial charge in [-0.25, -0.2) is 8.78 Å². The van der Waals surface area contributed by atoms with Crippen molar-refractivity contribution in [3.05, 3.63) is 65.7 Å². The van der Waals surface area contributed by atoms with Crippen molar-refractivity contribution in [3.8, 4) is 0 Å². The Morgan fingerprint density at radius 3 is 2.53 bits per heavy atom. The van der Waals surface area contributed by atoms with E-state index in [1.165, 1.54) is 6.07 Å². The third kappa shape index (κ3) is 3.99. The number of hydrogen-bond donors (Lipinski definition) is 1. The fourth-order valence-corrected chi connectivity index (χ4v) is 1.63. The van der Waals surface area contributed by atoms with E-state index in [4.69, 9.17) is 17.0 Å². The van der Waals surface area contributed by atoms with Crippen LogP contribution in [0.5, 0.6) is 0 Å². The molecule has 0 aliphatic heterocycles. The number of hydrogen-bond acceptors (Lipinski definition) is 2. The highest BCUT2D eigenvalue weighted by molar-refractivity contribution is 7.80. The zero-order valence-electron chi connectivity index (χ0n) is 9.90. The van der Waals surface area contributed by atoms with Gasteiger partial charge in [-0.3, -0.25) is 0 Å². The molecule has 0 bridgehead atoms. The van der Waals surface area contributed by atoms with E-state index in [1.54, 1.807) is 0 Å². The van der Waals surface area contributed by atoms with Crippen molar-refractivity contribution in [3.63, 3.8) is 0 Å². The summed E-state index contributed by atoms with van der Waals surface area (Å²) in [7, 11) is 0. The van der Waals surface area contributed by atoms with Gasteiger partial charge >= 0.3 is 0 Å². The monoisotopic (exact) mass is 279 g/mol. The van der Waals surface area contributed by atoms with Gasteiger partial charge in [0.1, 0.15) is 18.2 Å². The molecule has 0 heterocycles. The topological polar surface area (TPSA) is 21.3 Å². The lowest BCUT2D eigenvalue weighted by molar-refractivity contribution is 0.300. The van der Waals surface area contributed by atoms with Gasteiger partial charge in [0.25, 0.3) is 5.17 Å². The Morgan fingerprint density at radius 1 is 1.11 bits per heavy atom. The van der Waals surface area contributed by atoms with Crippen LogP contribution in [0.1, 0.15) is 5.56 Å². The van der Waals surface area contributed by atoms with Gasteiger partial charge in [-0.15, -0.1) is 0 Å². The summed E-state index contributed by atoms with van der Waals surface area (Å²) >= 11 is 4.93. The van der Waals surface area contributed by atoms with Gasteiger partial charge < -0.3 is 10.1 Å². The summed E-state index contributed by atoms with van der Waals surface area (Å²) in [6.45, 7) is 0.287. The van der Waals surface area contributed by atoms with Crippen LogP contribution in [0.25, 0.3) is 0 Å². The van der Waals surface area contributed by atoms with Gasteiger partial charge in [-0.1, -0.05) is 30.3 Å². The van der Waals surface area contributed by atoms with Crippen molar-refractivity contribution in [2.75, 3.05) is 5.32 Å². The highest BCUT2D eigenvalue weighted by atomic mass is 32.1. The van der Waals surface area contributed by atoms with E-state index in [0.717, 1.165) is 17.7 Å². The van der Waals surface area contributed by atoms with Crippen LogP contribution in [-0.4, -0.2) is 5.17 Å². The molecule has 98 valence electrons. The fraction of sp³-hybridized carbons (Fsp3) is 0.0714. The number of halogens is 2. The van der Waals surface area contributed by atoms with Crippen LogP contribution in [0.4, 0.5) is 14.5 Å². The average molecular weight is 279 g/mol. The third-order valence-electron chi connectivity index (χ3n) is 2.38. The molecule has 0 aliphatic carbocycles. The fourth-order valence-electron chi connectivity index (χ4n) is 1.46. The van der Waals surface area contributed by atoms with E-state index in [0.29, 0.717) is 0 Å². The summed E-state index contributed by atoms with van der Waals surface area (Å²) < 4.78 is 31.4.